The van der Waals surface area contributed by atoms with Crippen molar-refractivity contribution in [1.29, 1.82) is 0 Å². The molecule has 0 saturated carbocycles. The van der Waals surface area contributed by atoms with Gasteiger partial charge in [-0.15, -0.1) is 0 Å². The molecule has 0 aliphatic carbocycles. The molecule has 20 heavy (non-hydrogen) atoms. The lowest BCUT2D eigenvalue weighted by Gasteiger charge is -2.32. The first-order valence-corrected chi connectivity index (χ1v) is 6.42. The largest absolute Gasteiger partial charge is 0.478 e. The lowest BCUT2D eigenvalue weighted by molar-refractivity contribution is -0.131. The van der Waals surface area contributed by atoms with E-state index in [-0.39, 0.29) is 0 Å². The molecule has 0 spiro atoms. The minimum absolute atomic E-state index is 0.480. The number of allylic oxidation sites excluding steroid dienone is 1. The predicted octanol–water partition coefficient (Wildman–Crippen LogP) is 3.36. The summed E-state index contributed by atoms with van der Waals surface area (Å²) < 4.78 is 5.26. The Morgan fingerprint density at radius 2 is 2.15 bits per heavy atom. The zero-order valence-corrected chi connectivity index (χ0v) is 11.7. The fraction of sp³-hybridized carbons (Fsp3) is 0.333. The Morgan fingerprint density at radius 3 is 2.75 bits per heavy atom. The number of cyclic esters (lactones) is 1. The molecule has 1 heterocycles. The van der Waals surface area contributed by atoms with Gasteiger partial charge in [0.05, 0.1) is 5.69 Å². The van der Waals surface area contributed by atoms with Gasteiger partial charge >= 0.3 is 12.1 Å². The van der Waals surface area contributed by atoms with Crippen LogP contribution in [0.1, 0.15) is 38.3 Å². The van der Waals surface area contributed by atoms with Crippen LogP contribution in [0, 0.1) is 0 Å². The van der Waals surface area contributed by atoms with Gasteiger partial charge < -0.3 is 9.84 Å². The fourth-order valence-corrected chi connectivity index (χ4v) is 2.31. The predicted molar refractivity (Wildman–Crippen MR) is 75.5 cm³/mol. The van der Waals surface area contributed by atoms with Crippen molar-refractivity contribution in [1.82, 2.24) is 0 Å². The summed E-state index contributed by atoms with van der Waals surface area (Å²) in [5.41, 5.74) is 2.34. The molecular formula is C15H17NO4. The van der Waals surface area contributed by atoms with E-state index in [0.717, 1.165) is 16.7 Å². The van der Waals surface area contributed by atoms with Crippen molar-refractivity contribution in [3.8, 4) is 0 Å². The number of carboxylic acids is 1. The minimum Gasteiger partial charge on any atom is -0.478 e. The van der Waals surface area contributed by atoms with E-state index < -0.39 is 17.7 Å². The Balaban J connectivity index is 2.51. The van der Waals surface area contributed by atoms with Gasteiger partial charge in [0.25, 0.3) is 0 Å². The Hall–Kier alpha value is -2.30. The number of carbonyl (C=O) groups is 2. The van der Waals surface area contributed by atoms with Gasteiger partial charge in [-0.25, -0.2) is 9.59 Å². The van der Waals surface area contributed by atoms with E-state index in [1.54, 1.807) is 26.0 Å². The maximum Gasteiger partial charge on any atom is 0.412 e. The molecule has 0 atom stereocenters. The summed E-state index contributed by atoms with van der Waals surface area (Å²) in [7, 11) is 0. The van der Waals surface area contributed by atoms with Crippen LogP contribution in [-0.2, 0) is 15.1 Å². The molecule has 0 saturated heterocycles. The summed E-state index contributed by atoms with van der Waals surface area (Å²) in [6.45, 7) is 5.51. The zero-order chi connectivity index (χ0) is 14.9. The number of carboxylic acid groups (broad SMARTS) is 1. The summed E-state index contributed by atoms with van der Waals surface area (Å²) in [4.78, 5) is 22.3. The summed E-state index contributed by atoms with van der Waals surface area (Å²) >= 11 is 0. The Kier molecular flexibility index (Phi) is 3.53. The lowest BCUT2D eigenvalue weighted by atomic mass is 9.90. The van der Waals surface area contributed by atoms with E-state index in [9.17, 15) is 9.59 Å². The topological polar surface area (TPSA) is 75.6 Å². The summed E-state index contributed by atoms with van der Waals surface area (Å²) in [6.07, 6.45) is 1.34. The van der Waals surface area contributed by atoms with Crippen molar-refractivity contribution in [2.45, 2.75) is 32.8 Å². The number of amides is 1. The maximum absolute atomic E-state index is 11.4. The van der Waals surface area contributed by atoms with Crippen molar-refractivity contribution in [3.63, 3.8) is 0 Å². The van der Waals surface area contributed by atoms with E-state index in [2.05, 4.69) is 5.32 Å². The van der Waals surface area contributed by atoms with Gasteiger partial charge in [0.1, 0.15) is 5.60 Å². The molecule has 1 aromatic rings. The summed E-state index contributed by atoms with van der Waals surface area (Å²) in [6, 6.07) is 5.45. The van der Waals surface area contributed by atoms with Crippen LogP contribution in [0.5, 0.6) is 0 Å². The van der Waals surface area contributed by atoms with Crippen LogP contribution in [0.25, 0.3) is 5.57 Å². The Morgan fingerprint density at radius 1 is 1.45 bits per heavy atom. The average Bonchev–Trinajstić information content (AvgIpc) is 2.34. The Labute approximate surface area is 117 Å². The van der Waals surface area contributed by atoms with Crippen molar-refractivity contribution < 1.29 is 19.4 Å². The van der Waals surface area contributed by atoms with E-state index >= 15 is 0 Å². The normalized spacial score (nSPS) is 16.9. The van der Waals surface area contributed by atoms with Crippen molar-refractivity contribution in [2.24, 2.45) is 0 Å². The molecule has 0 fully saturated rings. The second-order valence-electron chi connectivity index (χ2n) is 5.15. The second-order valence-corrected chi connectivity index (χ2v) is 5.15. The van der Waals surface area contributed by atoms with Gasteiger partial charge in [0.2, 0.25) is 0 Å². The smallest absolute Gasteiger partial charge is 0.412 e. The highest BCUT2D eigenvalue weighted by Crippen LogP contribution is 2.37. The molecule has 0 unspecified atom stereocenters. The standard InChI is InChI=1S/C15H17NO4/c1-4-9(8-13(17)18)10-5-6-12-11(7-10)15(2,3)20-14(19)16-12/h5-8H,4H2,1-3H3,(H,16,19)(H,17,18)/b9-8+. The van der Waals surface area contributed by atoms with Crippen LogP contribution in [0.4, 0.5) is 10.5 Å². The highest BCUT2D eigenvalue weighted by Gasteiger charge is 2.33. The first-order chi connectivity index (χ1) is 9.33. The minimum atomic E-state index is -0.969. The number of carbonyl (C=O) groups excluding carboxylic acids is 1. The average molecular weight is 275 g/mol. The molecule has 0 aromatic heterocycles. The fourth-order valence-electron chi connectivity index (χ4n) is 2.31. The number of rotatable bonds is 3. The van der Waals surface area contributed by atoms with Gasteiger partial charge in [0.15, 0.2) is 0 Å². The number of fused-ring (bicyclic) bond motifs is 1. The molecule has 2 rings (SSSR count). The molecule has 0 bridgehead atoms. The highest BCUT2D eigenvalue weighted by atomic mass is 16.6. The molecule has 5 nitrogen and oxygen atoms in total. The number of ether oxygens (including phenoxy) is 1. The molecular weight excluding hydrogens is 258 g/mol. The van der Waals surface area contributed by atoms with Crippen LogP contribution < -0.4 is 5.32 Å². The van der Waals surface area contributed by atoms with Crippen molar-refractivity contribution >= 4 is 23.3 Å². The van der Waals surface area contributed by atoms with Gasteiger partial charge in [-0.05, 0) is 43.5 Å². The number of hydrogen-bond donors (Lipinski definition) is 2. The monoisotopic (exact) mass is 275 g/mol. The molecule has 1 aliphatic rings. The van der Waals surface area contributed by atoms with Gasteiger partial charge in [-0.3, -0.25) is 5.32 Å². The number of benzene rings is 1. The molecule has 1 aromatic carbocycles. The van der Waals surface area contributed by atoms with Gasteiger partial charge in [-0.1, -0.05) is 13.0 Å². The second kappa shape index (κ2) is 5.00. The molecule has 2 N–H and O–H groups in total. The first-order valence-electron chi connectivity index (χ1n) is 6.42. The number of nitrogens with one attached hydrogen (secondary N) is 1. The van der Waals surface area contributed by atoms with Crippen molar-refractivity contribution in [3.05, 3.63) is 35.4 Å². The molecule has 1 amide bonds. The van der Waals surface area contributed by atoms with E-state index in [4.69, 9.17) is 9.84 Å². The quantitative estimate of drug-likeness (QED) is 0.829. The SMILES string of the molecule is CC/C(=C\C(=O)O)c1ccc2c(c1)C(C)(C)OC(=O)N2. The van der Waals surface area contributed by atoms with Crippen LogP contribution >= 0.6 is 0 Å². The van der Waals surface area contributed by atoms with Crippen molar-refractivity contribution in [2.75, 3.05) is 5.32 Å². The van der Waals surface area contributed by atoms with Crippen LogP contribution in [0.15, 0.2) is 24.3 Å². The first kappa shape index (κ1) is 14.1. The number of hydrogen-bond acceptors (Lipinski definition) is 3. The van der Waals surface area contributed by atoms with E-state index in [1.807, 2.05) is 13.0 Å². The van der Waals surface area contributed by atoms with Gasteiger partial charge in [-0.2, -0.15) is 0 Å². The molecule has 1 aliphatic heterocycles. The number of anilines is 1. The summed E-state index contributed by atoms with van der Waals surface area (Å²) in [5.74, 6) is -0.969. The molecule has 106 valence electrons. The lowest BCUT2D eigenvalue weighted by Crippen LogP contribution is -2.34. The highest BCUT2D eigenvalue weighted by molar-refractivity contribution is 5.92. The zero-order valence-electron chi connectivity index (χ0n) is 11.7. The molecule has 0 radical (unpaired) electrons. The number of aliphatic carboxylic acids is 1. The maximum atomic E-state index is 11.4. The van der Waals surface area contributed by atoms with E-state index in [1.165, 1.54) is 6.08 Å². The van der Waals surface area contributed by atoms with Crippen LogP contribution in [-0.4, -0.2) is 17.2 Å². The third-order valence-electron chi connectivity index (χ3n) is 3.30. The van der Waals surface area contributed by atoms with Crippen LogP contribution in [0.3, 0.4) is 0 Å². The third-order valence-corrected chi connectivity index (χ3v) is 3.30. The van der Waals surface area contributed by atoms with Crippen LogP contribution in [0.2, 0.25) is 0 Å². The Bertz CT molecular complexity index is 602. The van der Waals surface area contributed by atoms with E-state index in [0.29, 0.717) is 12.1 Å². The molecule has 5 heteroatoms. The third kappa shape index (κ3) is 2.66. The summed E-state index contributed by atoms with van der Waals surface area (Å²) in [5, 5.41) is 11.5. The van der Waals surface area contributed by atoms with Gasteiger partial charge in [0, 0.05) is 11.6 Å².